The molecule has 2 aromatic rings. The van der Waals surface area contributed by atoms with Gasteiger partial charge in [-0.2, -0.15) is 0 Å². The molecule has 0 spiro atoms. The van der Waals surface area contributed by atoms with Crippen LogP contribution in [0.5, 0.6) is 5.75 Å². The second kappa shape index (κ2) is 4.38. The van der Waals surface area contributed by atoms with Crippen LogP contribution in [-0.4, -0.2) is 20.1 Å². The van der Waals surface area contributed by atoms with Crippen molar-refractivity contribution in [1.29, 1.82) is 0 Å². The van der Waals surface area contributed by atoms with E-state index in [2.05, 4.69) is 10.3 Å². The summed E-state index contributed by atoms with van der Waals surface area (Å²) >= 11 is 0. The summed E-state index contributed by atoms with van der Waals surface area (Å²) in [5.41, 5.74) is 5.81. The molecule has 0 amide bonds. The predicted octanol–water partition coefficient (Wildman–Crippen LogP) is 0.00490. The van der Waals surface area contributed by atoms with E-state index < -0.39 is 11.2 Å². The lowest BCUT2D eigenvalue weighted by Crippen LogP contribution is -2.06. The van der Waals surface area contributed by atoms with Crippen LogP contribution in [0, 0.1) is 0 Å². The Hall–Kier alpha value is -2.15. The molecule has 0 aromatic carbocycles. The third kappa shape index (κ3) is 2.51. The zero-order valence-corrected chi connectivity index (χ0v) is 9.20. The van der Waals surface area contributed by atoms with Crippen molar-refractivity contribution < 1.29 is 9.52 Å². The van der Waals surface area contributed by atoms with Crippen molar-refractivity contribution >= 4 is 0 Å². The molecule has 0 saturated carbocycles. The summed E-state index contributed by atoms with van der Waals surface area (Å²) in [6.07, 6.45) is 2.68. The molecular formula is C10H12N4O3. The minimum atomic E-state index is -0.487. The molecule has 17 heavy (non-hydrogen) atoms. The molecule has 0 bridgehead atoms. The van der Waals surface area contributed by atoms with Gasteiger partial charge >= 0.3 is 0 Å². The Morgan fingerprint density at radius 1 is 1.65 bits per heavy atom. The zero-order chi connectivity index (χ0) is 12.4. The summed E-state index contributed by atoms with van der Waals surface area (Å²) in [5.74, 6) is -0.0301. The second-order valence-corrected chi connectivity index (χ2v) is 3.73. The summed E-state index contributed by atoms with van der Waals surface area (Å²) in [5, 5.41) is 16.7. The smallest absolute Gasteiger partial charge is 0.226 e. The molecular weight excluding hydrogens is 224 g/mol. The molecule has 0 radical (unpaired) electrons. The molecule has 0 aliphatic heterocycles. The maximum absolute atomic E-state index is 11.2. The van der Waals surface area contributed by atoms with Crippen molar-refractivity contribution in [3.05, 3.63) is 40.2 Å². The van der Waals surface area contributed by atoms with E-state index in [-0.39, 0.29) is 12.6 Å². The predicted molar refractivity (Wildman–Crippen MR) is 58.4 cm³/mol. The van der Waals surface area contributed by atoms with Crippen molar-refractivity contribution in [1.82, 2.24) is 15.0 Å². The number of aromatic hydroxyl groups is 1. The summed E-state index contributed by atoms with van der Waals surface area (Å²) < 4.78 is 6.55. The lowest BCUT2D eigenvalue weighted by atomic mass is 10.3. The maximum atomic E-state index is 11.2. The Morgan fingerprint density at radius 3 is 3.00 bits per heavy atom. The van der Waals surface area contributed by atoms with Crippen LogP contribution < -0.4 is 11.2 Å². The highest BCUT2D eigenvalue weighted by molar-refractivity contribution is 5.15. The Morgan fingerprint density at radius 2 is 2.41 bits per heavy atom. The molecule has 1 atom stereocenters. The van der Waals surface area contributed by atoms with Crippen LogP contribution >= 0.6 is 0 Å². The standard InChI is InChI=1S/C10H12N4O3/c1-6(11)8-4-14(13-12-8)3-7-2-9(15)10(16)5-17-7/h2,4-6,16H,3,11H2,1H3. The van der Waals surface area contributed by atoms with Gasteiger partial charge in [-0.05, 0) is 6.92 Å². The van der Waals surface area contributed by atoms with Crippen molar-refractivity contribution in [2.75, 3.05) is 0 Å². The summed E-state index contributed by atoms with van der Waals surface area (Å²) in [7, 11) is 0. The van der Waals surface area contributed by atoms with Gasteiger partial charge in [0.2, 0.25) is 5.43 Å². The Kier molecular flexibility index (Phi) is 2.92. The minimum Gasteiger partial charge on any atom is -0.502 e. The molecule has 1 unspecified atom stereocenters. The fraction of sp³-hybridized carbons (Fsp3) is 0.300. The van der Waals surface area contributed by atoms with Crippen molar-refractivity contribution in [3.8, 4) is 5.75 Å². The lowest BCUT2D eigenvalue weighted by Gasteiger charge is -1.99. The molecule has 7 heteroatoms. The van der Waals surface area contributed by atoms with E-state index in [0.717, 1.165) is 6.26 Å². The molecule has 0 aliphatic rings. The molecule has 90 valence electrons. The van der Waals surface area contributed by atoms with E-state index in [4.69, 9.17) is 15.3 Å². The average molecular weight is 236 g/mol. The second-order valence-electron chi connectivity index (χ2n) is 3.73. The van der Waals surface area contributed by atoms with E-state index in [9.17, 15) is 4.79 Å². The molecule has 2 aromatic heterocycles. The van der Waals surface area contributed by atoms with E-state index in [1.807, 2.05) is 0 Å². The molecule has 3 N–H and O–H groups in total. The van der Waals surface area contributed by atoms with Gasteiger partial charge in [-0.1, -0.05) is 5.21 Å². The third-order valence-corrected chi connectivity index (χ3v) is 2.21. The first-order valence-corrected chi connectivity index (χ1v) is 5.02. The number of hydrogen-bond acceptors (Lipinski definition) is 6. The monoisotopic (exact) mass is 236 g/mol. The molecule has 0 aliphatic carbocycles. The van der Waals surface area contributed by atoms with Gasteiger partial charge in [-0.3, -0.25) is 4.79 Å². The number of aromatic nitrogens is 3. The molecule has 0 saturated heterocycles. The van der Waals surface area contributed by atoms with Gasteiger partial charge in [0.25, 0.3) is 0 Å². The van der Waals surface area contributed by atoms with Crippen LogP contribution in [0.3, 0.4) is 0 Å². The van der Waals surface area contributed by atoms with E-state index in [1.165, 1.54) is 10.7 Å². The van der Waals surface area contributed by atoms with Crippen molar-refractivity contribution in [3.63, 3.8) is 0 Å². The maximum Gasteiger partial charge on any atom is 0.226 e. The normalized spacial score (nSPS) is 12.6. The number of hydrogen-bond donors (Lipinski definition) is 2. The van der Waals surface area contributed by atoms with Gasteiger partial charge in [0, 0.05) is 12.1 Å². The Bertz CT molecular complexity index is 573. The van der Waals surface area contributed by atoms with Gasteiger partial charge in [0.1, 0.15) is 18.6 Å². The number of nitrogens with zero attached hydrogens (tertiary/aromatic N) is 3. The Labute approximate surface area is 96.5 Å². The highest BCUT2D eigenvalue weighted by atomic mass is 16.4. The van der Waals surface area contributed by atoms with Crippen LogP contribution in [-0.2, 0) is 6.54 Å². The van der Waals surface area contributed by atoms with Crippen LogP contribution in [0.25, 0.3) is 0 Å². The van der Waals surface area contributed by atoms with Crippen molar-refractivity contribution in [2.45, 2.75) is 19.5 Å². The fourth-order valence-corrected chi connectivity index (χ4v) is 1.29. The average Bonchev–Trinajstić information content (AvgIpc) is 2.72. The van der Waals surface area contributed by atoms with E-state index in [0.29, 0.717) is 11.5 Å². The zero-order valence-electron chi connectivity index (χ0n) is 9.20. The van der Waals surface area contributed by atoms with Gasteiger partial charge in [-0.25, -0.2) is 4.68 Å². The summed E-state index contributed by atoms with van der Waals surface area (Å²) in [4.78, 5) is 11.2. The van der Waals surface area contributed by atoms with Crippen LogP contribution in [0.4, 0.5) is 0 Å². The third-order valence-electron chi connectivity index (χ3n) is 2.21. The Balaban J connectivity index is 2.19. The van der Waals surface area contributed by atoms with Crippen LogP contribution in [0.2, 0.25) is 0 Å². The molecule has 2 heterocycles. The topological polar surface area (TPSA) is 107 Å². The van der Waals surface area contributed by atoms with Gasteiger partial charge in [-0.15, -0.1) is 5.10 Å². The number of nitrogens with two attached hydrogens (primary N) is 1. The molecule has 2 rings (SSSR count). The highest BCUT2D eigenvalue weighted by Gasteiger charge is 2.07. The molecule has 7 nitrogen and oxygen atoms in total. The lowest BCUT2D eigenvalue weighted by molar-refractivity contribution is 0.403. The SMILES string of the molecule is CC(N)c1cn(Cc2cc(=O)c(O)co2)nn1. The van der Waals surface area contributed by atoms with Crippen molar-refractivity contribution in [2.24, 2.45) is 5.73 Å². The fourth-order valence-electron chi connectivity index (χ4n) is 1.29. The quantitative estimate of drug-likeness (QED) is 0.777. The van der Waals surface area contributed by atoms with Gasteiger partial charge in [0.05, 0.1) is 11.9 Å². The van der Waals surface area contributed by atoms with E-state index >= 15 is 0 Å². The summed E-state index contributed by atoms with van der Waals surface area (Å²) in [6.45, 7) is 2.06. The molecule has 0 fully saturated rings. The highest BCUT2D eigenvalue weighted by Crippen LogP contribution is 2.07. The first-order valence-electron chi connectivity index (χ1n) is 5.02. The number of rotatable bonds is 3. The first kappa shape index (κ1) is 11.3. The van der Waals surface area contributed by atoms with Crippen LogP contribution in [0.1, 0.15) is 24.4 Å². The van der Waals surface area contributed by atoms with Crippen LogP contribution in [0.15, 0.2) is 27.7 Å². The minimum absolute atomic E-state index is 0.199. The van der Waals surface area contributed by atoms with Gasteiger partial charge in [0.15, 0.2) is 5.75 Å². The van der Waals surface area contributed by atoms with Gasteiger partial charge < -0.3 is 15.3 Å². The summed E-state index contributed by atoms with van der Waals surface area (Å²) in [6, 6.07) is 1.01. The van der Waals surface area contributed by atoms with E-state index in [1.54, 1.807) is 13.1 Å². The largest absolute Gasteiger partial charge is 0.502 e. The first-order chi connectivity index (χ1) is 8.06.